The van der Waals surface area contributed by atoms with Crippen molar-refractivity contribution in [2.24, 2.45) is 0 Å². The Hall–Kier alpha value is -2.10. The first kappa shape index (κ1) is 22.1. The van der Waals surface area contributed by atoms with E-state index in [0.717, 1.165) is 4.47 Å². The Morgan fingerprint density at radius 1 is 1.23 bits per heavy atom. The van der Waals surface area contributed by atoms with Crippen molar-refractivity contribution < 1.29 is 27.8 Å². The molecule has 1 N–H and O–H groups in total. The number of likely N-dealkylation sites (tertiary alicyclic amines) is 1. The van der Waals surface area contributed by atoms with Gasteiger partial charge in [0.25, 0.3) is 0 Å². The zero-order valence-electron chi connectivity index (χ0n) is 17.5. The molecule has 2 unspecified atom stereocenters. The van der Waals surface area contributed by atoms with Crippen LogP contribution in [0.25, 0.3) is 0 Å². The first-order valence-electron chi connectivity index (χ1n) is 9.95. The molecule has 0 bridgehead atoms. The third-order valence-corrected chi connectivity index (χ3v) is 8.18. The molecule has 31 heavy (non-hydrogen) atoms. The van der Waals surface area contributed by atoms with Gasteiger partial charge < -0.3 is 19.5 Å². The predicted octanol–water partition coefficient (Wildman–Crippen LogP) is 3.49. The smallest absolute Gasteiger partial charge is 0.223 e. The van der Waals surface area contributed by atoms with E-state index in [1.165, 1.54) is 31.4 Å². The highest BCUT2D eigenvalue weighted by Crippen LogP contribution is 2.47. The Morgan fingerprint density at radius 2 is 1.90 bits per heavy atom. The van der Waals surface area contributed by atoms with E-state index in [9.17, 15) is 18.3 Å². The van der Waals surface area contributed by atoms with Crippen LogP contribution in [0.2, 0.25) is 0 Å². The number of ether oxygens (including phenoxy) is 2. The van der Waals surface area contributed by atoms with E-state index in [-0.39, 0.29) is 21.4 Å². The van der Waals surface area contributed by atoms with Crippen molar-refractivity contribution >= 4 is 31.7 Å². The number of hydrogen-bond donors (Lipinski definition) is 1. The topological polar surface area (TPSA) is 93.1 Å². The number of aliphatic hydroxyl groups is 1. The van der Waals surface area contributed by atoms with Crippen LogP contribution in [-0.2, 0) is 14.6 Å². The maximum atomic E-state index is 13.4. The molecule has 0 aliphatic carbocycles. The van der Waals surface area contributed by atoms with Crippen LogP contribution in [0.4, 0.5) is 0 Å². The van der Waals surface area contributed by atoms with Gasteiger partial charge in [0.15, 0.2) is 0 Å². The second kappa shape index (κ2) is 7.79. The average Bonchev–Trinajstić information content (AvgIpc) is 3.13. The van der Waals surface area contributed by atoms with E-state index in [0.29, 0.717) is 30.7 Å². The SMILES string of the molecule is COc1cc2c(cc1S(=O)(=O)c1ccc(Br)cc1)C(N1CCCC1=O)C(O)C(C)(C)O2. The lowest BCUT2D eigenvalue weighted by atomic mass is 9.85. The van der Waals surface area contributed by atoms with E-state index < -0.39 is 27.6 Å². The largest absolute Gasteiger partial charge is 0.495 e. The van der Waals surface area contributed by atoms with Gasteiger partial charge in [-0.3, -0.25) is 4.79 Å². The molecule has 1 fully saturated rings. The molecule has 0 spiro atoms. The van der Waals surface area contributed by atoms with Gasteiger partial charge in [-0.2, -0.15) is 0 Å². The molecule has 2 aliphatic heterocycles. The molecule has 2 aromatic rings. The molecule has 0 aromatic heterocycles. The van der Waals surface area contributed by atoms with Gasteiger partial charge in [0.05, 0.1) is 18.0 Å². The number of carbonyl (C=O) groups excluding carboxylic acids is 1. The molecule has 0 saturated carbocycles. The van der Waals surface area contributed by atoms with Gasteiger partial charge in [-0.1, -0.05) is 15.9 Å². The van der Waals surface area contributed by atoms with E-state index in [2.05, 4.69) is 15.9 Å². The molecule has 2 heterocycles. The summed E-state index contributed by atoms with van der Waals surface area (Å²) >= 11 is 3.31. The second-order valence-electron chi connectivity index (χ2n) is 8.28. The molecule has 7 nitrogen and oxygen atoms in total. The highest BCUT2D eigenvalue weighted by molar-refractivity contribution is 9.10. The van der Waals surface area contributed by atoms with Crippen LogP contribution in [0.5, 0.6) is 11.5 Å². The minimum atomic E-state index is -3.93. The van der Waals surface area contributed by atoms with Crippen molar-refractivity contribution in [1.82, 2.24) is 4.90 Å². The molecule has 4 rings (SSSR count). The van der Waals surface area contributed by atoms with Gasteiger partial charge in [-0.05, 0) is 50.6 Å². The van der Waals surface area contributed by atoms with Crippen molar-refractivity contribution in [2.75, 3.05) is 13.7 Å². The van der Waals surface area contributed by atoms with E-state index in [1.807, 2.05) is 0 Å². The normalized spacial score (nSPS) is 22.7. The highest BCUT2D eigenvalue weighted by Gasteiger charge is 2.48. The lowest BCUT2D eigenvalue weighted by molar-refractivity contribution is -0.139. The number of amides is 1. The molecule has 2 atom stereocenters. The Balaban J connectivity index is 1.92. The van der Waals surface area contributed by atoms with Crippen LogP contribution in [0, 0.1) is 0 Å². The zero-order valence-corrected chi connectivity index (χ0v) is 19.9. The van der Waals surface area contributed by atoms with Crippen LogP contribution in [0.1, 0.15) is 38.3 Å². The molecular weight excluding hydrogens is 486 g/mol. The molecule has 2 aliphatic rings. The summed E-state index contributed by atoms with van der Waals surface area (Å²) in [5.41, 5.74) is -0.518. The number of methoxy groups -OCH3 is 1. The van der Waals surface area contributed by atoms with Gasteiger partial charge in [0.1, 0.15) is 28.1 Å². The Kier molecular flexibility index (Phi) is 5.56. The molecule has 9 heteroatoms. The summed E-state index contributed by atoms with van der Waals surface area (Å²) < 4.78 is 39.1. The van der Waals surface area contributed by atoms with E-state index in [1.54, 1.807) is 30.9 Å². The first-order valence-corrected chi connectivity index (χ1v) is 12.2. The van der Waals surface area contributed by atoms with Gasteiger partial charge in [-0.25, -0.2) is 8.42 Å². The summed E-state index contributed by atoms with van der Waals surface area (Å²) in [4.78, 5) is 14.2. The van der Waals surface area contributed by atoms with Crippen LogP contribution in [0.3, 0.4) is 0 Å². The number of carbonyl (C=O) groups is 1. The zero-order chi connectivity index (χ0) is 22.6. The van der Waals surface area contributed by atoms with E-state index in [4.69, 9.17) is 9.47 Å². The fraction of sp³-hybridized carbons (Fsp3) is 0.409. The highest BCUT2D eigenvalue weighted by atomic mass is 79.9. The number of hydrogen-bond acceptors (Lipinski definition) is 6. The van der Waals surface area contributed by atoms with Crippen molar-refractivity contribution in [3.63, 3.8) is 0 Å². The number of fused-ring (bicyclic) bond motifs is 1. The number of nitrogens with zero attached hydrogens (tertiary/aromatic N) is 1. The average molecular weight is 510 g/mol. The van der Waals surface area contributed by atoms with Gasteiger partial charge in [0, 0.05) is 29.1 Å². The van der Waals surface area contributed by atoms with Crippen LogP contribution >= 0.6 is 15.9 Å². The molecule has 1 saturated heterocycles. The van der Waals surface area contributed by atoms with Crippen molar-refractivity contribution in [3.05, 3.63) is 46.4 Å². The molecule has 1 amide bonds. The Labute approximate surface area is 190 Å². The maximum absolute atomic E-state index is 13.4. The number of halogens is 1. The summed E-state index contributed by atoms with van der Waals surface area (Å²) in [5.74, 6) is 0.466. The quantitative estimate of drug-likeness (QED) is 0.677. The Bertz CT molecular complexity index is 1130. The van der Waals surface area contributed by atoms with Gasteiger partial charge in [0.2, 0.25) is 15.7 Å². The number of sulfone groups is 1. The van der Waals surface area contributed by atoms with Gasteiger partial charge in [-0.15, -0.1) is 0 Å². The minimum Gasteiger partial charge on any atom is -0.495 e. The van der Waals surface area contributed by atoms with Crippen LogP contribution in [0.15, 0.2) is 50.7 Å². The summed E-state index contributed by atoms with van der Waals surface area (Å²) in [5, 5.41) is 11.1. The summed E-state index contributed by atoms with van der Waals surface area (Å²) in [6.45, 7) is 3.98. The van der Waals surface area contributed by atoms with Crippen LogP contribution < -0.4 is 9.47 Å². The molecule has 0 radical (unpaired) electrons. The molecule has 2 aromatic carbocycles. The number of aliphatic hydroxyl groups excluding tert-OH is 1. The number of rotatable bonds is 4. The van der Waals surface area contributed by atoms with Gasteiger partial charge >= 0.3 is 0 Å². The molecule has 166 valence electrons. The summed E-state index contributed by atoms with van der Waals surface area (Å²) in [6, 6.07) is 8.61. The lowest BCUT2D eigenvalue weighted by Gasteiger charge is -2.45. The molecular formula is C22H24BrNO6S. The summed E-state index contributed by atoms with van der Waals surface area (Å²) in [6.07, 6.45) is 0.0671. The Morgan fingerprint density at radius 3 is 2.48 bits per heavy atom. The maximum Gasteiger partial charge on any atom is 0.223 e. The second-order valence-corrected chi connectivity index (χ2v) is 11.1. The summed E-state index contributed by atoms with van der Waals surface area (Å²) in [7, 11) is -2.53. The third kappa shape index (κ3) is 3.72. The minimum absolute atomic E-state index is 0.0387. The lowest BCUT2D eigenvalue weighted by Crippen LogP contribution is -2.53. The third-order valence-electron chi connectivity index (χ3n) is 5.86. The monoisotopic (exact) mass is 509 g/mol. The predicted molar refractivity (Wildman–Crippen MR) is 117 cm³/mol. The van der Waals surface area contributed by atoms with Crippen molar-refractivity contribution in [1.29, 1.82) is 0 Å². The number of benzene rings is 2. The van der Waals surface area contributed by atoms with Crippen molar-refractivity contribution in [2.45, 2.75) is 54.2 Å². The standard InChI is InChI=1S/C22H24BrNO6S/c1-22(2)21(26)20(24-10-4-5-19(24)25)15-11-18(17(29-3)12-16(15)30-22)31(27,28)14-8-6-13(23)7-9-14/h6-9,11-12,20-21,26H,4-5,10H2,1-3H3. The first-order chi connectivity index (χ1) is 14.6. The fourth-order valence-electron chi connectivity index (χ4n) is 4.18. The van der Waals surface area contributed by atoms with Crippen molar-refractivity contribution in [3.8, 4) is 11.5 Å². The fourth-order valence-corrected chi connectivity index (χ4v) is 5.88. The van der Waals surface area contributed by atoms with E-state index >= 15 is 0 Å². The van der Waals surface area contributed by atoms with Crippen LogP contribution in [-0.4, -0.2) is 49.7 Å².